The number of aliphatic hydroxyl groups is 1. The molecule has 1 atom stereocenters. The minimum absolute atomic E-state index is 0.274. The molecule has 0 radical (unpaired) electrons. The van der Waals surface area contributed by atoms with Gasteiger partial charge in [-0.15, -0.1) is 0 Å². The standard InChI is InChI=1S/C17H20O2/c1-2-16(18)11-15-9-6-10-17(12-15)19-13-14-7-4-3-5-8-14/h3-10,12,16,18H,2,11,13H2,1H3/t16-/m0/s1. The molecule has 0 spiro atoms. The predicted octanol–water partition coefficient (Wildman–Crippen LogP) is 3.58. The summed E-state index contributed by atoms with van der Waals surface area (Å²) in [6.45, 7) is 2.56. The number of hydrogen-bond acceptors (Lipinski definition) is 2. The molecule has 0 aliphatic rings. The van der Waals surface area contributed by atoms with Gasteiger partial charge >= 0.3 is 0 Å². The maximum Gasteiger partial charge on any atom is 0.120 e. The van der Waals surface area contributed by atoms with Crippen molar-refractivity contribution in [2.24, 2.45) is 0 Å². The largest absolute Gasteiger partial charge is 0.489 e. The lowest BCUT2D eigenvalue weighted by molar-refractivity contribution is 0.170. The lowest BCUT2D eigenvalue weighted by Gasteiger charge is -2.10. The summed E-state index contributed by atoms with van der Waals surface area (Å²) in [5.74, 6) is 0.852. The van der Waals surface area contributed by atoms with Crippen molar-refractivity contribution in [3.8, 4) is 5.75 Å². The Bertz CT molecular complexity index is 494. The van der Waals surface area contributed by atoms with Crippen molar-refractivity contribution >= 4 is 0 Å². The maximum atomic E-state index is 9.67. The zero-order valence-corrected chi connectivity index (χ0v) is 11.3. The van der Waals surface area contributed by atoms with Crippen molar-refractivity contribution in [2.75, 3.05) is 0 Å². The third kappa shape index (κ3) is 4.42. The van der Waals surface area contributed by atoms with Crippen LogP contribution < -0.4 is 4.74 Å². The van der Waals surface area contributed by atoms with Crippen LogP contribution >= 0.6 is 0 Å². The number of ether oxygens (including phenoxy) is 1. The van der Waals surface area contributed by atoms with Gasteiger partial charge in [-0.3, -0.25) is 0 Å². The van der Waals surface area contributed by atoms with Gasteiger partial charge in [-0.1, -0.05) is 49.4 Å². The highest BCUT2D eigenvalue weighted by atomic mass is 16.5. The Kier molecular flexibility index (Phi) is 4.99. The zero-order valence-electron chi connectivity index (χ0n) is 11.3. The van der Waals surface area contributed by atoms with E-state index in [-0.39, 0.29) is 6.10 Å². The van der Waals surface area contributed by atoms with Crippen LogP contribution in [0.5, 0.6) is 5.75 Å². The Morgan fingerprint density at radius 2 is 1.74 bits per heavy atom. The third-order valence-electron chi connectivity index (χ3n) is 3.09. The van der Waals surface area contributed by atoms with Crippen LogP contribution in [0.2, 0.25) is 0 Å². The average molecular weight is 256 g/mol. The average Bonchev–Trinajstić information content (AvgIpc) is 2.46. The monoisotopic (exact) mass is 256 g/mol. The summed E-state index contributed by atoms with van der Waals surface area (Å²) in [6.07, 6.45) is 1.18. The first-order valence-corrected chi connectivity index (χ1v) is 6.71. The molecule has 0 aliphatic carbocycles. The molecule has 0 unspecified atom stereocenters. The lowest BCUT2D eigenvalue weighted by atomic mass is 10.1. The first kappa shape index (κ1) is 13.6. The second-order valence-corrected chi connectivity index (χ2v) is 4.69. The zero-order chi connectivity index (χ0) is 13.5. The van der Waals surface area contributed by atoms with Crippen LogP contribution in [-0.4, -0.2) is 11.2 Å². The van der Waals surface area contributed by atoms with Crippen LogP contribution in [0, 0.1) is 0 Å². The van der Waals surface area contributed by atoms with Gasteiger partial charge in [0, 0.05) is 0 Å². The molecule has 0 fully saturated rings. The number of benzene rings is 2. The van der Waals surface area contributed by atoms with Crippen molar-refractivity contribution in [1.29, 1.82) is 0 Å². The molecular formula is C17H20O2. The summed E-state index contributed by atoms with van der Waals surface area (Å²) >= 11 is 0. The number of hydrogen-bond donors (Lipinski definition) is 1. The SMILES string of the molecule is CC[C@H](O)Cc1cccc(OCc2ccccc2)c1. The van der Waals surface area contributed by atoms with E-state index in [9.17, 15) is 5.11 Å². The summed E-state index contributed by atoms with van der Waals surface area (Å²) in [6, 6.07) is 18.0. The van der Waals surface area contributed by atoms with Gasteiger partial charge in [-0.2, -0.15) is 0 Å². The summed E-state index contributed by atoms with van der Waals surface area (Å²) in [5.41, 5.74) is 2.27. The second-order valence-electron chi connectivity index (χ2n) is 4.69. The van der Waals surface area contributed by atoms with E-state index in [0.717, 1.165) is 23.3 Å². The molecule has 2 rings (SSSR count). The molecule has 2 aromatic rings. The Balaban J connectivity index is 1.95. The van der Waals surface area contributed by atoms with Crippen LogP contribution in [0.1, 0.15) is 24.5 Å². The molecule has 2 nitrogen and oxygen atoms in total. The Hall–Kier alpha value is -1.80. The highest BCUT2D eigenvalue weighted by Gasteiger charge is 2.04. The van der Waals surface area contributed by atoms with Crippen molar-refractivity contribution in [1.82, 2.24) is 0 Å². The fourth-order valence-electron chi connectivity index (χ4n) is 1.92. The molecule has 19 heavy (non-hydrogen) atoms. The summed E-state index contributed by atoms with van der Waals surface area (Å²) < 4.78 is 5.77. The topological polar surface area (TPSA) is 29.5 Å². The van der Waals surface area contributed by atoms with Crippen molar-refractivity contribution in [3.05, 3.63) is 65.7 Å². The summed E-state index contributed by atoms with van der Waals surface area (Å²) in [4.78, 5) is 0. The van der Waals surface area contributed by atoms with Gasteiger partial charge in [0.1, 0.15) is 12.4 Å². The lowest BCUT2D eigenvalue weighted by Crippen LogP contribution is -2.08. The van der Waals surface area contributed by atoms with Gasteiger partial charge < -0.3 is 9.84 Å². The van der Waals surface area contributed by atoms with Crippen LogP contribution in [0.3, 0.4) is 0 Å². The molecular weight excluding hydrogens is 236 g/mol. The predicted molar refractivity (Wildman–Crippen MR) is 77.2 cm³/mol. The fourth-order valence-corrected chi connectivity index (χ4v) is 1.92. The van der Waals surface area contributed by atoms with Crippen molar-refractivity contribution < 1.29 is 9.84 Å². The Morgan fingerprint density at radius 3 is 2.47 bits per heavy atom. The highest BCUT2D eigenvalue weighted by Crippen LogP contribution is 2.17. The molecule has 100 valence electrons. The van der Waals surface area contributed by atoms with Crippen LogP contribution in [0.15, 0.2) is 54.6 Å². The van der Waals surface area contributed by atoms with E-state index < -0.39 is 0 Å². The Labute approximate surface area is 114 Å². The molecule has 1 N–H and O–H groups in total. The maximum absolute atomic E-state index is 9.67. The molecule has 0 saturated heterocycles. The molecule has 0 saturated carbocycles. The molecule has 0 amide bonds. The Morgan fingerprint density at radius 1 is 1.00 bits per heavy atom. The smallest absolute Gasteiger partial charge is 0.120 e. The van der Waals surface area contributed by atoms with Gasteiger partial charge in [-0.05, 0) is 36.1 Å². The first-order chi connectivity index (χ1) is 9.28. The van der Waals surface area contributed by atoms with Crippen LogP contribution in [-0.2, 0) is 13.0 Å². The number of aliphatic hydroxyl groups excluding tert-OH is 1. The van der Waals surface area contributed by atoms with E-state index in [0.29, 0.717) is 13.0 Å². The second kappa shape index (κ2) is 6.95. The van der Waals surface area contributed by atoms with E-state index in [2.05, 4.69) is 0 Å². The van der Waals surface area contributed by atoms with Gasteiger partial charge in [0.15, 0.2) is 0 Å². The molecule has 2 heteroatoms. The van der Waals surface area contributed by atoms with Crippen molar-refractivity contribution in [3.63, 3.8) is 0 Å². The fraction of sp³-hybridized carbons (Fsp3) is 0.294. The summed E-state index contributed by atoms with van der Waals surface area (Å²) in [7, 11) is 0. The summed E-state index contributed by atoms with van der Waals surface area (Å²) in [5, 5.41) is 9.67. The van der Waals surface area contributed by atoms with E-state index in [1.165, 1.54) is 0 Å². The molecule has 2 aromatic carbocycles. The number of rotatable bonds is 6. The normalized spacial score (nSPS) is 12.1. The molecule has 0 aromatic heterocycles. The third-order valence-corrected chi connectivity index (χ3v) is 3.09. The van der Waals surface area contributed by atoms with E-state index >= 15 is 0 Å². The first-order valence-electron chi connectivity index (χ1n) is 6.71. The van der Waals surface area contributed by atoms with Crippen molar-refractivity contribution in [2.45, 2.75) is 32.5 Å². The van der Waals surface area contributed by atoms with E-state index in [1.807, 2.05) is 61.5 Å². The van der Waals surface area contributed by atoms with Gasteiger partial charge in [0.25, 0.3) is 0 Å². The van der Waals surface area contributed by atoms with Gasteiger partial charge in [0.05, 0.1) is 6.10 Å². The van der Waals surface area contributed by atoms with Gasteiger partial charge in [0.2, 0.25) is 0 Å². The highest BCUT2D eigenvalue weighted by molar-refractivity contribution is 5.29. The molecule has 0 heterocycles. The van der Waals surface area contributed by atoms with Gasteiger partial charge in [-0.25, -0.2) is 0 Å². The molecule has 0 aliphatic heterocycles. The van der Waals surface area contributed by atoms with E-state index in [1.54, 1.807) is 0 Å². The molecule has 0 bridgehead atoms. The minimum atomic E-state index is -0.274. The quantitative estimate of drug-likeness (QED) is 0.856. The minimum Gasteiger partial charge on any atom is -0.489 e. The van der Waals surface area contributed by atoms with E-state index in [4.69, 9.17) is 4.74 Å². The van der Waals surface area contributed by atoms with Crippen LogP contribution in [0.4, 0.5) is 0 Å². The van der Waals surface area contributed by atoms with Crippen LogP contribution in [0.25, 0.3) is 0 Å².